The van der Waals surface area contributed by atoms with Crippen LogP contribution in [0.5, 0.6) is 5.75 Å². The van der Waals surface area contributed by atoms with Crippen LogP contribution in [0.25, 0.3) is 0 Å². The van der Waals surface area contributed by atoms with Crippen molar-refractivity contribution in [1.82, 2.24) is 4.98 Å². The lowest BCUT2D eigenvalue weighted by atomic mass is 9.89. The number of aromatic nitrogens is 1. The van der Waals surface area contributed by atoms with Crippen LogP contribution in [0.4, 0.5) is 0 Å². The number of ether oxygens (including phenoxy) is 5. The minimum absolute atomic E-state index is 0.126. The maximum absolute atomic E-state index is 11.7. The van der Waals surface area contributed by atoms with Gasteiger partial charge in [0.05, 0.1) is 6.10 Å². The zero-order valence-electron chi connectivity index (χ0n) is 21.6. The van der Waals surface area contributed by atoms with Crippen molar-refractivity contribution in [1.29, 1.82) is 0 Å². The molecule has 1 aromatic carbocycles. The van der Waals surface area contributed by atoms with Crippen LogP contribution in [0, 0.1) is 5.92 Å². The fraction of sp³-hybridized carbons (Fsp3) is 0.536. The topological polar surface area (TPSA) is 93.2 Å². The van der Waals surface area contributed by atoms with Gasteiger partial charge in [-0.3, -0.25) is 14.6 Å². The minimum atomic E-state index is -0.802. The van der Waals surface area contributed by atoms with Crippen LogP contribution in [-0.2, 0) is 41.6 Å². The molecule has 1 fully saturated rings. The zero-order chi connectivity index (χ0) is 25.9. The maximum atomic E-state index is 11.7. The molecule has 0 spiro atoms. The van der Waals surface area contributed by atoms with Crippen LogP contribution in [0.2, 0.25) is 0 Å². The molecular weight excluding hydrogens is 462 g/mol. The Hall–Kier alpha value is -2.97. The number of pyridine rings is 1. The van der Waals surface area contributed by atoms with E-state index in [0.29, 0.717) is 13.2 Å². The number of hydrogen-bond donors (Lipinski definition) is 0. The highest BCUT2D eigenvalue weighted by molar-refractivity contribution is 5.67. The molecule has 2 aromatic rings. The molecule has 36 heavy (non-hydrogen) atoms. The molecule has 0 aliphatic carbocycles. The minimum Gasteiger partial charge on any atom is -0.489 e. The summed E-state index contributed by atoms with van der Waals surface area (Å²) in [6.45, 7) is 7.54. The Kier molecular flexibility index (Phi) is 10.7. The summed E-state index contributed by atoms with van der Waals surface area (Å²) in [4.78, 5) is 27.5. The predicted octanol–water partition coefficient (Wildman–Crippen LogP) is 4.63. The number of hydrogen-bond acceptors (Lipinski definition) is 8. The molecule has 1 aromatic heterocycles. The van der Waals surface area contributed by atoms with Crippen molar-refractivity contribution in [2.24, 2.45) is 5.92 Å². The number of nitrogens with zero attached hydrogens (tertiary/aromatic N) is 1. The number of carbonyl (C=O) groups excluding carboxylic acids is 2. The second kappa shape index (κ2) is 13.9. The Morgan fingerprint density at radius 1 is 0.972 bits per heavy atom. The molecule has 196 valence electrons. The van der Waals surface area contributed by atoms with E-state index in [1.807, 2.05) is 38.1 Å². The highest BCUT2D eigenvalue weighted by Gasteiger charge is 2.47. The highest BCUT2D eigenvalue weighted by atomic mass is 16.7. The second-order valence-corrected chi connectivity index (χ2v) is 9.08. The Bertz CT molecular complexity index is 950. The smallest absolute Gasteiger partial charge is 0.303 e. The molecule has 0 amide bonds. The van der Waals surface area contributed by atoms with Gasteiger partial charge in [-0.05, 0) is 49.4 Å². The van der Waals surface area contributed by atoms with Gasteiger partial charge in [0, 0.05) is 44.3 Å². The van der Waals surface area contributed by atoms with Crippen LogP contribution < -0.4 is 4.74 Å². The van der Waals surface area contributed by atoms with Gasteiger partial charge in [-0.1, -0.05) is 32.0 Å². The summed E-state index contributed by atoms with van der Waals surface area (Å²) < 4.78 is 28.9. The van der Waals surface area contributed by atoms with Gasteiger partial charge < -0.3 is 23.7 Å². The fourth-order valence-corrected chi connectivity index (χ4v) is 4.35. The van der Waals surface area contributed by atoms with Crippen molar-refractivity contribution in [3.63, 3.8) is 0 Å². The average Bonchev–Trinajstić information content (AvgIpc) is 2.86. The number of rotatable bonds is 12. The molecule has 8 heteroatoms. The molecule has 5 atom stereocenters. The summed E-state index contributed by atoms with van der Waals surface area (Å²) in [5.74, 6) is -0.198. The summed E-state index contributed by atoms with van der Waals surface area (Å²) in [5.41, 5.74) is 2.24. The fourth-order valence-electron chi connectivity index (χ4n) is 4.35. The quantitative estimate of drug-likeness (QED) is 0.308. The van der Waals surface area contributed by atoms with E-state index in [1.54, 1.807) is 12.4 Å². The number of benzene rings is 1. The van der Waals surface area contributed by atoms with Crippen molar-refractivity contribution in [2.45, 2.75) is 84.6 Å². The predicted molar refractivity (Wildman–Crippen MR) is 133 cm³/mol. The first kappa shape index (κ1) is 27.6. The van der Waals surface area contributed by atoms with Crippen molar-refractivity contribution in [3.05, 3.63) is 59.9 Å². The van der Waals surface area contributed by atoms with Crippen LogP contribution in [-0.4, -0.2) is 48.1 Å². The molecule has 0 radical (unpaired) electrons. The third-order valence-corrected chi connectivity index (χ3v) is 6.21. The lowest BCUT2D eigenvalue weighted by Gasteiger charge is -2.43. The standard InChI is InChI=1S/C28H37NO7/c1-5-25-19(2)26(34-20(3)30)27(35-21(4)31)28(36-25)32-16-7-6-9-22-11-13-24(14-12-22)33-18-23-10-8-15-29-17-23/h8,10-15,17,19,25-28H,5-7,9,16,18H2,1-4H3. The molecule has 0 saturated carbocycles. The molecule has 8 nitrogen and oxygen atoms in total. The summed E-state index contributed by atoms with van der Waals surface area (Å²) in [7, 11) is 0. The number of unbranched alkanes of at least 4 members (excludes halogenated alkanes) is 1. The van der Waals surface area contributed by atoms with Gasteiger partial charge in [0.15, 0.2) is 12.4 Å². The van der Waals surface area contributed by atoms with Gasteiger partial charge >= 0.3 is 11.9 Å². The molecule has 1 saturated heterocycles. The Labute approximate surface area is 213 Å². The van der Waals surface area contributed by atoms with Gasteiger partial charge in [0.25, 0.3) is 0 Å². The van der Waals surface area contributed by atoms with E-state index in [2.05, 4.69) is 17.1 Å². The Balaban J connectivity index is 1.46. The first-order valence-electron chi connectivity index (χ1n) is 12.6. The van der Waals surface area contributed by atoms with Gasteiger partial charge in [0.2, 0.25) is 0 Å². The largest absolute Gasteiger partial charge is 0.489 e. The highest BCUT2D eigenvalue weighted by Crippen LogP contribution is 2.32. The van der Waals surface area contributed by atoms with Crippen molar-refractivity contribution in [2.75, 3.05) is 6.61 Å². The Morgan fingerprint density at radius 2 is 1.69 bits per heavy atom. The molecule has 0 bridgehead atoms. The van der Waals surface area contributed by atoms with Crippen molar-refractivity contribution < 1.29 is 33.3 Å². The van der Waals surface area contributed by atoms with Gasteiger partial charge in [-0.2, -0.15) is 0 Å². The molecule has 5 unspecified atom stereocenters. The van der Waals surface area contributed by atoms with E-state index in [4.69, 9.17) is 23.7 Å². The SMILES string of the molecule is CCC1OC(OCCCCc2ccc(OCc3cccnc3)cc2)C(OC(C)=O)C(OC(C)=O)C1C. The number of esters is 2. The van der Waals surface area contributed by atoms with E-state index in [9.17, 15) is 9.59 Å². The normalized spacial score (nSPS) is 23.6. The third kappa shape index (κ3) is 8.31. The molecule has 2 heterocycles. The van der Waals surface area contributed by atoms with Crippen LogP contribution in [0.15, 0.2) is 48.8 Å². The number of aryl methyl sites for hydroxylation is 1. The maximum Gasteiger partial charge on any atom is 0.303 e. The summed E-state index contributed by atoms with van der Waals surface area (Å²) in [6, 6.07) is 12.0. The van der Waals surface area contributed by atoms with Crippen molar-refractivity contribution >= 4 is 11.9 Å². The lowest BCUT2D eigenvalue weighted by Crippen LogP contribution is -2.57. The van der Waals surface area contributed by atoms with Crippen LogP contribution in [0.1, 0.15) is 58.1 Å². The Morgan fingerprint density at radius 3 is 2.33 bits per heavy atom. The summed E-state index contributed by atoms with van der Waals surface area (Å²) in [5, 5.41) is 0. The van der Waals surface area contributed by atoms with E-state index in [-0.39, 0.29) is 12.0 Å². The first-order chi connectivity index (χ1) is 17.4. The van der Waals surface area contributed by atoms with E-state index in [0.717, 1.165) is 37.0 Å². The first-order valence-corrected chi connectivity index (χ1v) is 12.6. The molecule has 3 rings (SSSR count). The second-order valence-electron chi connectivity index (χ2n) is 9.08. The average molecular weight is 500 g/mol. The molecule has 1 aliphatic rings. The zero-order valence-corrected chi connectivity index (χ0v) is 21.6. The third-order valence-electron chi connectivity index (χ3n) is 6.21. The molecule has 1 aliphatic heterocycles. The molecular formula is C28H37NO7. The lowest BCUT2D eigenvalue weighted by molar-refractivity contribution is -0.290. The van der Waals surface area contributed by atoms with E-state index in [1.165, 1.54) is 19.4 Å². The van der Waals surface area contributed by atoms with Gasteiger partial charge in [-0.25, -0.2) is 0 Å². The van der Waals surface area contributed by atoms with Gasteiger partial charge in [-0.15, -0.1) is 0 Å². The number of carbonyl (C=O) groups is 2. The summed E-state index contributed by atoms with van der Waals surface area (Å²) >= 11 is 0. The van der Waals surface area contributed by atoms with Crippen molar-refractivity contribution in [3.8, 4) is 5.75 Å². The van der Waals surface area contributed by atoms with E-state index >= 15 is 0 Å². The monoisotopic (exact) mass is 499 g/mol. The van der Waals surface area contributed by atoms with Crippen LogP contribution in [0.3, 0.4) is 0 Å². The van der Waals surface area contributed by atoms with E-state index < -0.39 is 30.4 Å². The molecule has 0 N–H and O–H groups in total. The van der Waals surface area contributed by atoms with Crippen LogP contribution >= 0.6 is 0 Å². The summed E-state index contributed by atoms with van der Waals surface area (Å²) in [6.07, 6.45) is 4.52. The van der Waals surface area contributed by atoms with Gasteiger partial charge in [0.1, 0.15) is 18.5 Å².